The third kappa shape index (κ3) is 6.46. The average molecular weight is 662 g/mol. The number of ether oxygens (including phenoxy) is 3. The summed E-state index contributed by atoms with van der Waals surface area (Å²) in [6, 6.07) is 10.0. The molecule has 2 aliphatic carbocycles. The molecule has 6 unspecified atom stereocenters. The second kappa shape index (κ2) is 13.1. The van der Waals surface area contributed by atoms with Crippen molar-refractivity contribution in [3.8, 4) is 5.75 Å². The van der Waals surface area contributed by atoms with Gasteiger partial charge in [0.2, 0.25) is 6.29 Å². The Labute approximate surface area is 268 Å². The number of aromatic nitrogens is 1. The van der Waals surface area contributed by atoms with Crippen LogP contribution in [0, 0.1) is 0 Å². The van der Waals surface area contributed by atoms with Crippen LogP contribution in [0.1, 0.15) is 85.2 Å². The Balaban J connectivity index is 1.17. The summed E-state index contributed by atoms with van der Waals surface area (Å²) in [5.41, 5.74) is 3.05. The molecule has 1 aliphatic heterocycles. The number of aliphatic carboxylic acids is 1. The Morgan fingerprint density at radius 2 is 1.74 bits per heavy atom. The summed E-state index contributed by atoms with van der Waals surface area (Å²) in [4.78, 5) is 24.3. The van der Waals surface area contributed by atoms with Crippen LogP contribution in [0.5, 0.6) is 5.75 Å². The molecule has 3 aliphatic rings. The summed E-state index contributed by atoms with van der Waals surface area (Å²) in [6.07, 6.45) is -9.16. The molecule has 2 fully saturated rings. The number of aryl methyl sites for hydroxylation is 2. The van der Waals surface area contributed by atoms with Crippen LogP contribution in [0.2, 0.25) is 0 Å². The predicted molar refractivity (Wildman–Crippen MR) is 161 cm³/mol. The minimum absolute atomic E-state index is 0.0335. The molecule has 1 saturated heterocycles. The van der Waals surface area contributed by atoms with Crippen LogP contribution >= 0.6 is 0 Å². The maximum Gasteiger partial charge on any atom is 0.416 e. The van der Waals surface area contributed by atoms with Crippen molar-refractivity contribution < 1.29 is 57.4 Å². The van der Waals surface area contributed by atoms with Crippen LogP contribution in [0.15, 0.2) is 36.4 Å². The third-order valence-corrected chi connectivity index (χ3v) is 9.73. The first-order valence-electron chi connectivity index (χ1n) is 16.0. The monoisotopic (exact) mass is 661 g/mol. The molecule has 3 aromatic rings. The number of carbonyl (C=O) groups is 2. The molecule has 6 atom stereocenters. The van der Waals surface area contributed by atoms with Gasteiger partial charge >= 0.3 is 18.1 Å². The first-order chi connectivity index (χ1) is 22.4. The number of halogens is 3. The minimum atomic E-state index is -4.45. The standard InChI is InChI=1S/C34H38F3NO9/c1-2-38-25-12-9-20(45-16-17-7-10-21(18-5-3-4-6-18)24(13-17)34(35,36)37)15-23(25)22-11-8-19(27(22)38)14-26(39)46-33-30(42)28(40)29(41)31(47-33)32(43)44/h7,9-10,12-13,15,18-19,28-31,33,40-42H,2-6,8,11,14,16H2,1H3,(H,43,44). The van der Waals surface area contributed by atoms with Gasteiger partial charge in [-0.15, -0.1) is 0 Å². The van der Waals surface area contributed by atoms with Gasteiger partial charge in [0, 0.05) is 29.1 Å². The van der Waals surface area contributed by atoms with Gasteiger partial charge in [-0.05, 0) is 79.5 Å². The van der Waals surface area contributed by atoms with Crippen molar-refractivity contribution in [3.05, 3.63) is 64.3 Å². The van der Waals surface area contributed by atoms with E-state index < -0.39 is 54.4 Å². The second-order valence-electron chi connectivity index (χ2n) is 12.6. The molecular formula is C34H38F3NO9. The summed E-state index contributed by atoms with van der Waals surface area (Å²) in [7, 11) is 0. The van der Waals surface area contributed by atoms with E-state index in [-0.39, 0.29) is 24.9 Å². The number of hydrogen-bond acceptors (Lipinski definition) is 8. The van der Waals surface area contributed by atoms with E-state index in [1.165, 1.54) is 6.07 Å². The van der Waals surface area contributed by atoms with Gasteiger partial charge in [-0.3, -0.25) is 4.79 Å². The fourth-order valence-electron chi connectivity index (χ4n) is 7.46. The highest BCUT2D eigenvalue weighted by Gasteiger charge is 2.49. The van der Waals surface area contributed by atoms with Crippen molar-refractivity contribution >= 4 is 22.8 Å². The number of benzene rings is 2. The summed E-state index contributed by atoms with van der Waals surface area (Å²) in [5.74, 6) is -2.18. The molecule has 4 N–H and O–H groups in total. The van der Waals surface area contributed by atoms with Crippen molar-refractivity contribution in [2.24, 2.45) is 0 Å². The quantitative estimate of drug-likeness (QED) is 0.238. The molecule has 2 heterocycles. The normalized spacial score (nSPS) is 26.4. The SMILES string of the molecule is CCn1c2c(c3cc(OCc4ccc(C5CCCC5)c(C(F)(F)F)c4)ccc31)CCC2CC(=O)OC1OC(C(=O)O)C(O)C(O)C1O. The zero-order valence-corrected chi connectivity index (χ0v) is 25.8. The Morgan fingerprint density at radius 3 is 2.43 bits per heavy atom. The number of aliphatic hydroxyl groups excluding tert-OH is 3. The highest BCUT2D eigenvalue weighted by Crippen LogP contribution is 2.44. The number of hydrogen-bond donors (Lipinski definition) is 4. The van der Waals surface area contributed by atoms with E-state index in [9.17, 15) is 43.2 Å². The first kappa shape index (κ1) is 33.3. The van der Waals surface area contributed by atoms with Gasteiger partial charge in [0.1, 0.15) is 30.7 Å². The van der Waals surface area contributed by atoms with Crippen molar-refractivity contribution in [3.63, 3.8) is 0 Å². The molecule has 1 aromatic heterocycles. The number of rotatable bonds is 9. The summed E-state index contributed by atoms with van der Waals surface area (Å²) < 4.78 is 60.3. The van der Waals surface area contributed by atoms with E-state index >= 15 is 0 Å². The lowest BCUT2D eigenvalue weighted by atomic mass is 9.91. The molecule has 1 saturated carbocycles. The average Bonchev–Trinajstić information content (AvgIpc) is 3.77. The van der Waals surface area contributed by atoms with E-state index in [1.54, 1.807) is 18.2 Å². The van der Waals surface area contributed by atoms with Gasteiger partial charge < -0.3 is 39.2 Å². The predicted octanol–water partition coefficient (Wildman–Crippen LogP) is 4.77. The maximum absolute atomic E-state index is 14.0. The molecule has 0 radical (unpaired) electrons. The molecular weight excluding hydrogens is 623 g/mol. The largest absolute Gasteiger partial charge is 0.489 e. The first-order valence-corrected chi connectivity index (χ1v) is 16.0. The third-order valence-electron chi connectivity index (χ3n) is 9.73. The minimum Gasteiger partial charge on any atom is -0.489 e. The molecule has 0 amide bonds. The Kier molecular flexibility index (Phi) is 9.27. The molecule has 2 aromatic carbocycles. The van der Waals surface area contributed by atoms with Crippen LogP contribution in [-0.4, -0.2) is 67.6 Å². The molecule has 47 heavy (non-hydrogen) atoms. The summed E-state index contributed by atoms with van der Waals surface area (Å²) in [6.45, 7) is 2.53. The van der Waals surface area contributed by atoms with E-state index in [2.05, 4.69) is 4.57 Å². The van der Waals surface area contributed by atoms with Gasteiger partial charge in [0.25, 0.3) is 0 Å². The zero-order valence-electron chi connectivity index (χ0n) is 25.8. The molecule has 6 rings (SSSR count). The lowest BCUT2D eigenvalue weighted by molar-refractivity contribution is -0.286. The number of carbonyl (C=O) groups excluding carboxylic acids is 1. The second-order valence-corrected chi connectivity index (χ2v) is 12.6. The number of nitrogens with zero attached hydrogens (tertiary/aromatic N) is 1. The number of carboxylic acid groups (broad SMARTS) is 1. The van der Waals surface area contributed by atoms with E-state index in [0.717, 1.165) is 47.8 Å². The Bertz CT molecular complexity index is 1650. The number of esters is 1. The summed E-state index contributed by atoms with van der Waals surface area (Å²) >= 11 is 0. The van der Waals surface area contributed by atoms with Crippen LogP contribution in [0.25, 0.3) is 10.9 Å². The topological polar surface area (TPSA) is 148 Å². The van der Waals surface area contributed by atoms with Gasteiger partial charge in [0.15, 0.2) is 6.10 Å². The van der Waals surface area contributed by atoms with Gasteiger partial charge in [0.05, 0.1) is 12.0 Å². The van der Waals surface area contributed by atoms with Crippen molar-refractivity contribution in [2.45, 2.75) is 114 Å². The number of aliphatic hydroxyl groups is 3. The fraction of sp³-hybridized carbons (Fsp3) is 0.529. The summed E-state index contributed by atoms with van der Waals surface area (Å²) in [5, 5.41) is 40.3. The Morgan fingerprint density at radius 1 is 1.00 bits per heavy atom. The van der Waals surface area contributed by atoms with Crippen molar-refractivity contribution in [2.75, 3.05) is 0 Å². The fourth-order valence-corrected chi connectivity index (χ4v) is 7.46. The lowest BCUT2D eigenvalue weighted by Gasteiger charge is -2.38. The number of carboxylic acids is 1. The molecule has 0 bridgehead atoms. The Hall–Kier alpha value is -3.65. The van der Waals surface area contributed by atoms with Crippen LogP contribution in [-0.2, 0) is 44.8 Å². The van der Waals surface area contributed by atoms with Crippen LogP contribution in [0.3, 0.4) is 0 Å². The molecule has 10 nitrogen and oxygen atoms in total. The van der Waals surface area contributed by atoms with E-state index in [0.29, 0.717) is 36.3 Å². The van der Waals surface area contributed by atoms with Crippen LogP contribution in [0.4, 0.5) is 13.2 Å². The number of alkyl halides is 3. The smallest absolute Gasteiger partial charge is 0.416 e. The highest BCUT2D eigenvalue weighted by molar-refractivity contribution is 5.88. The molecule has 0 spiro atoms. The number of fused-ring (bicyclic) bond motifs is 3. The van der Waals surface area contributed by atoms with Gasteiger partial charge in [-0.1, -0.05) is 25.0 Å². The highest BCUT2D eigenvalue weighted by atomic mass is 19.4. The van der Waals surface area contributed by atoms with Crippen molar-refractivity contribution in [1.29, 1.82) is 0 Å². The van der Waals surface area contributed by atoms with Crippen LogP contribution < -0.4 is 4.74 Å². The lowest BCUT2D eigenvalue weighted by Crippen LogP contribution is -2.60. The van der Waals surface area contributed by atoms with Gasteiger partial charge in [-0.2, -0.15) is 13.2 Å². The van der Waals surface area contributed by atoms with Crippen molar-refractivity contribution in [1.82, 2.24) is 4.57 Å². The zero-order chi connectivity index (χ0) is 33.6. The van der Waals surface area contributed by atoms with E-state index in [4.69, 9.17) is 14.2 Å². The van der Waals surface area contributed by atoms with Gasteiger partial charge in [-0.25, -0.2) is 4.79 Å². The molecule has 13 heteroatoms. The maximum atomic E-state index is 14.0. The molecule has 254 valence electrons. The van der Waals surface area contributed by atoms with E-state index in [1.807, 2.05) is 19.1 Å².